The molecule has 0 spiro atoms. The van der Waals surface area contributed by atoms with Crippen LogP contribution in [0.2, 0.25) is 0 Å². The molecule has 0 saturated carbocycles. The number of aliphatic hydroxyl groups is 1. The number of halogens is 3. The SMILES string of the molecule is CC[C@H](O)c1ccccc1N(C)CC(F)(F)F. The van der Waals surface area contributed by atoms with Gasteiger partial charge in [-0.15, -0.1) is 0 Å². The zero-order valence-corrected chi connectivity index (χ0v) is 9.83. The van der Waals surface area contributed by atoms with Crippen molar-refractivity contribution in [3.63, 3.8) is 0 Å². The summed E-state index contributed by atoms with van der Waals surface area (Å²) in [6, 6.07) is 6.60. The minimum absolute atomic E-state index is 0.416. The summed E-state index contributed by atoms with van der Waals surface area (Å²) in [6.45, 7) is 0.756. The Bertz CT molecular complexity index is 365. The van der Waals surface area contributed by atoms with Gasteiger partial charge in [0.05, 0.1) is 6.10 Å². The van der Waals surface area contributed by atoms with Crippen molar-refractivity contribution in [2.75, 3.05) is 18.5 Å². The summed E-state index contributed by atoms with van der Waals surface area (Å²) in [5.74, 6) is 0. The predicted octanol–water partition coefficient (Wildman–Crippen LogP) is 3.13. The van der Waals surface area contributed by atoms with E-state index in [2.05, 4.69) is 0 Å². The van der Waals surface area contributed by atoms with Gasteiger partial charge in [0.15, 0.2) is 0 Å². The van der Waals surface area contributed by atoms with Crippen molar-refractivity contribution in [3.05, 3.63) is 29.8 Å². The number of anilines is 1. The quantitative estimate of drug-likeness (QED) is 0.883. The van der Waals surface area contributed by atoms with Gasteiger partial charge in [0.25, 0.3) is 0 Å². The molecule has 5 heteroatoms. The lowest BCUT2D eigenvalue weighted by Gasteiger charge is -2.25. The Balaban J connectivity index is 2.97. The van der Waals surface area contributed by atoms with Crippen molar-refractivity contribution in [1.29, 1.82) is 0 Å². The van der Waals surface area contributed by atoms with Gasteiger partial charge < -0.3 is 10.0 Å². The second-order valence-electron chi connectivity index (χ2n) is 3.95. The fraction of sp³-hybridized carbons (Fsp3) is 0.500. The fourth-order valence-electron chi connectivity index (χ4n) is 1.69. The zero-order valence-electron chi connectivity index (χ0n) is 9.83. The Morgan fingerprint density at radius 1 is 1.29 bits per heavy atom. The molecule has 0 heterocycles. The van der Waals surface area contributed by atoms with Crippen molar-refractivity contribution >= 4 is 5.69 Å². The second kappa shape index (κ2) is 5.40. The number of para-hydroxylation sites is 1. The van der Waals surface area contributed by atoms with Crippen LogP contribution in [0.15, 0.2) is 24.3 Å². The highest BCUT2D eigenvalue weighted by Crippen LogP contribution is 2.29. The molecule has 0 saturated heterocycles. The van der Waals surface area contributed by atoms with Crippen LogP contribution >= 0.6 is 0 Å². The lowest BCUT2D eigenvalue weighted by Crippen LogP contribution is -2.31. The van der Waals surface area contributed by atoms with E-state index in [4.69, 9.17) is 0 Å². The summed E-state index contributed by atoms with van der Waals surface area (Å²) in [5, 5.41) is 9.75. The zero-order chi connectivity index (χ0) is 13.1. The van der Waals surface area contributed by atoms with E-state index in [0.29, 0.717) is 17.7 Å². The van der Waals surface area contributed by atoms with Crippen LogP contribution in [-0.4, -0.2) is 24.9 Å². The first-order valence-corrected chi connectivity index (χ1v) is 5.40. The van der Waals surface area contributed by atoms with Crippen LogP contribution in [0.4, 0.5) is 18.9 Å². The number of alkyl halides is 3. The van der Waals surface area contributed by atoms with E-state index in [1.807, 2.05) is 0 Å². The first-order chi connectivity index (χ1) is 7.85. The molecule has 0 aliphatic carbocycles. The summed E-state index contributed by atoms with van der Waals surface area (Å²) in [6.07, 6.45) is -4.52. The summed E-state index contributed by atoms with van der Waals surface area (Å²) in [7, 11) is 1.37. The molecule has 0 bridgehead atoms. The van der Waals surface area contributed by atoms with Crippen LogP contribution in [0.1, 0.15) is 25.0 Å². The molecule has 1 aromatic carbocycles. The van der Waals surface area contributed by atoms with Crippen LogP contribution < -0.4 is 4.90 Å². The fourth-order valence-corrected chi connectivity index (χ4v) is 1.69. The van der Waals surface area contributed by atoms with Gasteiger partial charge in [0.2, 0.25) is 0 Å². The van der Waals surface area contributed by atoms with E-state index in [-0.39, 0.29) is 0 Å². The van der Waals surface area contributed by atoms with Crippen LogP contribution in [0.25, 0.3) is 0 Å². The molecule has 0 amide bonds. The number of aliphatic hydroxyl groups excluding tert-OH is 1. The average Bonchev–Trinajstić information content (AvgIpc) is 2.25. The van der Waals surface area contributed by atoms with Crippen molar-refractivity contribution in [2.24, 2.45) is 0 Å². The average molecular weight is 247 g/mol. The largest absolute Gasteiger partial charge is 0.405 e. The van der Waals surface area contributed by atoms with E-state index in [1.165, 1.54) is 7.05 Å². The van der Waals surface area contributed by atoms with Crippen molar-refractivity contribution in [3.8, 4) is 0 Å². The summed E-state index contributed by atoms with van der Waals surface area (Å²) in [4.78, 5) is 1.11. The number of rotatable bonds is 4. The van der Waals surface area contributed by atoms with Gasteiger partial charge in [-0.05, 0) is 12.5 Å². The lowest BCUT2D eigenvalue weighted by atomic mass is 10.0. The Labute approximate surface area is 98.7 Å². The summed E-state index contributed by atoms with van der Waals surface area (Å²) < 4.78 is 36.9. The van der Waals surface area contributed by atoms with Crippen LogP contribution in [0, 0.1) is 0 Å². The second-order valence-corrected chi connectivity index (χ2v) is 3.95. The molecule has 0 radical (unpaired) electrons. The Morgan fingerprint density at radius 2 is 1.88 bits per heavy atom. The van der Waals surface area contributed by atoms with Gasteiger partial charge in [-0.25, -0.2) is 0 Å². The number of nitrogens with zero attached hydrogens (tertiary/aromatic N) is 1. The highest BCUT2D eigenvalue weighted by molar-refractivity contribution is 5.54. The van der Waals surface area contributed by atoms with Gasteiger partial charge in [0.1, 0.15) is 6.54 Å². The molecule has 0 fully saturated rings. The third-order valence-corrected chi connectivity index (χ3v) is 2.51. The maximum Gasteiger partial charge on any atom is 0.405 e. The molecule has 0 aliphatic rings. The highest BCUT2D eigenvalue weighted by atomic mass is 19.4. The number of hydrogen-bond acceptors (Lipinski definition) is 2. The maximum absolute atomic E-state index is 12.3. The first-order valence-electron chi connectivity index (χ1n) is 5.40. The molecule has 1 N–H and O–H groups in total. The minimum Gasteiger partial charge on any atom is -0.388 e. The van der Waals surface area contributed by atoms with Gasteiger partial charge in [0, 0.05) is 18.3 Å². The Kier molecular flexibility index (Phi) is 4.40. The normalized spacial score (nSPS) is 13.5. The molecule has 17 heavy (non-hydrogen) atoms. The third kappa shape index (κ3) is 3.93. The van der Waals surface area contributed by atoms with E-state index in [0.717, 1.165) is 4.90 Å². The topological polar surface area (TPSA) is 23.5 Å². The van der Waals surface area contributed by atoms with E-state index < -0.39 is 18.8 Å². The van der Waals surface area contributed by atoms with Gasteiger partial charge in [-0.1, -0.05) is 25.1 Å². The van der Waals surface area contributed by atoms with Gasteiger partial charge in [-0.2, -0.15) is 13.2 Å². The van der Waals surface area contributed by atoms with Crippen molar-refractivity contribution < 1.29 is 18.3 Å². The first kappa shape index (κ1) is 13.8. The molecule has 96 valence electrons. The van der Waals surface area contributed by atoms with Gasteiger partial charge >= 0.3 is 6.18 Å². The molecule has 0 unspecified atom stereocenters. The minimum atomic E-state index is -4.25. The molecular formula is C12H16F3NO. The van der Waals surface area contributed by atoms with Crippen molar-refractivity contribution in [2.45, 2.75) is 25.6 Å². The monoisotopic (exact) mass is 247 g/mol. The molecule has 1 rings (SSSR count). The lowest BCUT2D eigenvalue weighted by molar-refractivity contribution is -0.119. The smallest absolute Gasteiger partial charge is 0.388 e. The molecule has 1 aromatic rings. The molecule has 0 aromatic heterocycles. The number of hydrogen-bond donors (Lipinski definition) is 1. The molecule has 2 nitrogen and oxygen atoms in total. The number of benzene rings is 1. The Morgan fingerprint density at radius 3 is 2.41 bits per heavy atom. The molecular weight excluding hydrogens is 231 g/mol. The van der Waals surface area contributed by atoms with Gasteiger partial charge in [-0.3, -0.25) is 0 Å². The summed E-state index contributed by atoms with van der Waals surface area (Å²) in [5.41, 5.74) is 0.945. The van der Waals surface area contributed by atoms with E-state index >= 15 is 0 Å². The molecule has 1 atom stereocenters. The van der Waals surface area contributed by atoms with Crippen LogP contribution in [-0.2, 0) is 0 Å². The maximum atomic E-state index is 12.3. The standard InChI is InChI=1S/C12H16F3NO/c1-3-11(17)9-6-4-5-7-10(9)16(2)8-12(13,14)15/h4-7,11,17H,3,8H2,1-2H3/t11-/m0/s1. The van der Waals surface area contributed by atoms with E-state index in [9.17, 15) is 18.3 Å². The van der Waals surface area contributed by atoms with Crippen LogP contribution in [0.3, 0.4) is 0 Å². The van der Waals surface area contributed by atoms with E-state index in [1.54, 1.807) is 31.2 Å². The predicted molar refractivity (Wildman–Crippen MR) is 61.0 cm³/mol. The van der Waals surface area contributed by atoms with Crippen LogP contribution in [0.5, 0.6) is 0 Å². The Hall–Kier alpha value is -1.23. The highest BCUT2D eigenvalue weighted by Gasteiger charge is 2.30. The molecule has 0 aliphatic heterocycles. The van der Waals surface area contributed by atoms with Crippen molar-refractivity contribution in [1.82, 2.24) is 0 Å². The summed E-state index contributed by atoms with van der Waals surface area (Å²) >= 11 is 0. The third-order valence-electron chi connectivity index (χ3n) is 2.51.